The largest absolute Gasteiger partial charge is 0.380 e. The Morgan fingerprint density at radius 3 is 2.15 bits per heavy atom. The highest BCUT2D eigenvalue weighted by atomic mass is 32.2. The highest BCUT2D eigenvalue weighted by molar-refractivity contribution is 7.89. The molecule has 2 N–H and O–H groups in total. The molecule has 0 saturated heterocycles. The minimum atomic E-state index is -3.37. The first-order chi connectivity index (χ1) is 5.71. The molecule has 80 valence electrons. The lowest BCUT2D eigenvalue weighted by Gasteiger charge is -2.17. The second-order valence-corrected chi connectivity index (χ2v) is 6.02. The van der Waals surface area contributed by atoms with Crippen molar-refractivity contribution in [3.63, 3.8) is 0 Å². The molecule has 0 bridgehead atoms. The molecule has 0 heterocycles. The molecule has 0 unspecified atom stereocenters. The molecule has 0 fully saturated rings. The minimum absolute atomic E-state index is 0.100. The van der Waals surface area contributed by atoms with E-state index in [9.17, 15) is 8.42 Å². The molecule has 13 heavy (non-hydrogen) atoms. The highest BCUT2D eigenvalue weighted by Gasteiger charge is 2.09. The second-order valence-electron chi connectivity index (χ2n) is 4.29. The zero-order valence-corrected chi connectivity index (χ0v) is 9.36. The fourth-order valence-electron chi connectivity index (χ4n) is 0.655. The van der Waals surface area contributed by atoms with E-state index in [0.717, 1.165) is 6.42 Å². The molecule has 0 aliphatic carbocycles. The van der Waals surface area contributed by atoms with E-state index in [1.54, 1.807) is 0 Å². The van der Waals surface area contributed by atoms with Crippen molar-refractivity contribution in [1.82, 2.24) is 0 Å². The molecule has 0 spiro atoms. The molecule has 0 radical (unpaired) electrons. The van der Waals surface area contributed by atoms with Gasteiger partial charge < -0.3 is 4.74 Å². The van der Waals surface area contributed by atoms with Crippen LogP contribution in [0.3, 0.4) is 0 Å². The smallest absolute Gasteiger partial charge is 0.211 e. The standard InChI is InChI=1S/C8H19NO3S/c1-8(2,3)4-5-12-6-7-13(9,10)11/h4-7H2,1-3H3,(H2,9,10,11). The van der Waals surface area contributed by atoms with Crippen molar-refractivity contribution in [2.45, 2.75) is 27.2 Å². The molecule has 5 heteroatoms. The quantitative estimate of drug-likeness (QED) is 0.678. The van der Waals surface area contributed by atoms with E-state index in [0.29, 0.717) is 6.61 Å². The molecular formula is C8H19NO3S. The summed E-state index contributed by atoms with van der Waals surface area (Å²) in [6.45, 7) is 7.09. The van der Waals surface area contributed by atoms with E-state index in [2.05, 4.69) is 20.8 Å². The van der Waals surface area contributed by atoms with Gasteiger partial charge >= 0.3 is 0 Å². The topological polar surface area (TPSA) is 69.4 Å². The number of rotatable bonds is 5. The summed E-state index contributed by atoms with van der Waals surface area (Å²) in [6.07, 6.45) is 0.914. The van der Waals surface area contributed by atoms with Crippen LogP contribution in [0.25, 0.3) is 0 Å². The van der Waals surface area contributed by atoms with Crippen LogP contribution >= 0.6 is 0 Å². The zero-order valence-electron chi connectivity index (χ0n) is 8.54. The number of sulfonamides is 1. The van der Waals surface area contributed by atoms with Crippen LogP contribution in [0.5, 0.6) is 0 Å². The average molecular weight is 209 g/mol. The first-order valence-electron chi connectivity index (χ1n) is 4.29. The van der Waals surface area contributed by atoms with Gasteiger partial charge in [0.25, 0.3) is 0 Å². The maximum Gasteiger partial charge on any atom is 0.211 e. The van der Waals surface area contributed by atoms with Gasteiger partial charge in [-0.2, -0.15) is 0 Å². The Balaban J connectivity index is 3.39. The molecule has 0 saturated carbocycles. The first-order valence-corrected chi connectivity index (χ1v) is 6.00. The monoisotopic (exact) mass is 209 g/mol. The Kier molecular flexibility index (Phi) is 4.88. The fraction of sp³-hybridized carbons (Fsp3) is 1.00. The Morgan fingerprint density at radius 1 is 1.23 bits per heavy atom. The van der Waals surface area contributed by atoms with Gasteiger partial charge in [0.2, 0.25) is 10.0 Å². The van der Waals surface area contributed by atoms with Crippen LogP contribution in [-0.4, -0.2) is 27.4 Å². The van der Waals surface area contributed by atoms with Gasteiger partial charge in [0.15, 0.2) is 0 Å². The van der Waals surface area contributed by atoms with E-state index < -0.39 is 10.0 Å². The van der Waals surface area contributed by atoms with E-state index in [1.165, 1.54) is 0 Å². The van der Waals surface area contributed by atoms with Gasteiger partial charge in [0.1, 0.15) is 0 Å². The maximum atomic E-state index is 10.5. The van der Waals surface area contributed by atoms with Crippen molar-refractivity contribution in [2.75, 3.05) is 19.0 Å². The molecular weight excluding hydrogens is 190 g/mol. The summed E-state index contributed by atoms with van der Waals surface area (Å²) in [6, 6.07) is 0. The minimum Gasteiger partial charge on any atom is -0.380 e. The lowest BCUT2D eigenvalue weighted by Crippen LogP contribution is -2.21. The van der Waals surface area contributed by atoms with E-state index >= 15 is 0 Å². The Morgan fingerprint density at radius 2 is 1.77 bits per heavy atom. The molecule has 0 atom stereocenters. The van der Waals surface area contributed by atoms with Gasteiger partial charge in [-0.05, 0) is 11.8 Å². The third-order valence-corrected chi connectivity index (χ3v) is 2.24. The fourth-order valence-corrected chi connectivity index (χ4v) is 1.01. The molecule has 0 aliphatic rings. The van der Waals surface area contributed by atoms with Gasteiger partial charge in [0.05, 0.1) is 12.4 Å². The SMILES string of the molecule is CC(C)(C)CCOCCS(N)(=O)=O. The molecule has 0 aromatic rings. The maximum absolute atomic E-state index is 10.5. The van der Waals surface area contributed by atoms with E-state index in [1.807, 2.05) is 0 Å². The van der Waals surface area contributed by atoms with Crippen molar-refractivity contribution in [3.8, 4) is 0 Å². The van der Waals surface area contributed by atoms with E-state index in [-0.39, 0.29) is 17.8 Å². The summed E-state index contributed by atoms with van der Waals surface area (Å²) in [5.41, 5.74) is 0.224. The summed E-state index contributed by atoms with van der Waals surface area (Å²) >= 11 is 0. The zero-order chi connectivity index (χ0) is 10.5. The van der Waals surface area contributed by atoms with Gasteiger partial charge in [0, 0.05) is 6.61 Å². The number of primary sulfonamides is 1. The number of nitrogens with two attached hydrogens (primary N) is 1. The van der Waals surface area contributed by atoms with Gasteiger partial charge in [-0.25, -0.2) is 13.6 Å². The van der Waals surface area contributed by atoms with Crippen LogP contribution in [0.4, 0.5) is 0 Å². The average Bonchev–Trinajstić information content (AvgIpc) is 1.81. The highest BCUT2D eigenvalue weighted by Crippen LogP contribution is 2.17. The van der Waals surface area contributed by atoms with E-state index in [4.69, 9.17) is 9.88 Å². The van der Waals surface area contributed by atoms with Crippen molar-refractivity contribution >= 4 is 10.0 Å². The van der Waals surface area contributed by atoms with Gasteiger partial charge in [-0.15, -0.1) is 0 Å². The molecule has 0 amide bonds. The predicted molar refractivity (Wildman–Crippen MR) is 52.9 cm³/mol. The molecule has 4 nitrogen and oxygen atoms in total. The predicted octanol–water partition coefficient (Wildman–Crippen LogP) is 0.728. The third-order valence-electron chi connectivity index (χ3n) is 1.51. The Bertz CT molecular complexity index is 228. The van der Waals surface area contributed by atoms with Crippen molar-refractivity contribution < 1.29 is 13.2 Å². The van der Waals surface area contributed by atoms with Crippen LogP contribution in [0.1, 0.15) is 27.2 Å². The van der Waals surface area contributed by atoms with Crippen molar-refractivity contribution in [2.24, 2.45) is 10.6 Å². The number of hydrogen-bond donors (Lipinski definition) is 1. The summed E-state index contributed by atoms with van der Waals surface area (Å²) in [5, 5.41) is 4.80. The summed E-state index contributed by atoms with van der Waals surface area (Å²) in [7, 11) is -3.37. The molecule has 0 aromatic carbocycles. The summed E-state index contributed by atoms with van der Waals surface area (Å²) in [5.74, 6) is -0.100. The van der Waals surface area contributed by atoms with Gasteiger partial charge in [-0.3, -0.25) is 0 Å². The van der Waals surface area contributed by atoms with Crippen LogP contribution in [0.15, 0.2) is 0 Å². The molecule has 0 aromatic heterocycles. The number of hydrogen-bond acceptors (Lipinski definition) is 3. The molecule has 0 aliphatic heterocycles. The normalized spacial score (nSPS) is 13.2. The van der Waals surface area contributed by atoms with Crippen LogP contribution in [0.2, 0.25) is 0 Å². The lowest BCUT2D eigenvalue weighted by molar-refractivity contribution is 0.120. The Hall–Kier alpha value is -0.130. The summed E-state index contributed by atoms with van der Waals surface area (Å²) in [4.78, 5) is 0. The van der Waals surface area contributed by atoms with Crippen LogP contribution in [0, 0.1) is 5.41 Å². The van der Waals surface area contributed by atoms with Crippen molar-refractivity contribution in [1.29, 1.82) is 0 Å². The third kappa shape index (κ3) is 11.9. The Labute approximate surface area is 80.5 Å². The van der Waals surface area contributed by atoms with Crippen molar-refractivity contribution in [3.05, 3.63) is 0 Å². The lowest BCUT2D eigenvalue weighted by atomic mass is 9.93. The first kappa shape index (κ1) is 12.9. The van der Waals surface area contributed by atoms with Gasteiger partial charge in [-0.1, -0.05) is 20.8 Å². The summed E-state index contributed by atoms with van der Waals surface area (Å²) < 4.78 is 26.1. The second kappa shape index (κ2) is 4.93. The van der Waals surface area contributed by atoms with Crippen LogP contribution < -0.4 is 5.14 Å². The molecule has 0 rings (SSSR count). The van der Waals surface area contributed by atoms with Crippen LogP contribution in [-0.2, 0) is 14.8 Å². The number of ether oxygens (including phenoxy) is 1.